The lowest BCUT2D eigenvalue weighted by Crippen LogP contribution is -2.12. The fourth-order valence-corrected chi connectivity index (χ4v) is 2.33. The number of hydrogen-bond donors (Lipinski definition) is 0. The van der Waals surface area contributed by atoms with Crippen molar-refractivity contribution in [1.29, 1.82) is 5.26 Å². The van der Waals surface area contributed by atoms with Gasteiger partial charge in [0.25, 0.3) is 5.69 Å². The number of nitro groups is 1. The normalized spacial score (nSPS) is 10.0. The zero-order valence-corrected chi connectivity index (χ0v) is 12.1. The molecule has 0 bridgehead atoms. The molecule has 106 valence electrons. The Hall–Kier alpha value is -2.87. The van der Waals surface area contributed by atoms with Crippen molar-refractivity contribution in [3.8, 4) is 6.07 Å². The van der Waals surface area contributed by atoms with Gasteiger partial charge in [-0.25, -0.2) is 0 Å². The number of nitrogens with zero attached hydrogens (tertiary/aromatic N) is 3. The predicted octanol–water partition coefficient (Wildman–Crippen LogP) is 3.85. The number of hydrogen-bond acceptors (Lipinski definition) is 4. The van der Waals surface area contributed by atoms with E-state index in [9.17, 15) is 15.4 Å². The lowest BCUT2D eigenvalue weighted by Gasteiger charge is -2.22. The topological polar surface area (TPSA) is 70.2 Å². The number of anilines is 2. The van der Waals surface area contributed by atoms with Gasteiger partial charge in [-0.05, 0) is 31.5 Å². The second-order valence-electron chi connectivity index (χ2n) is 4.92. The first-order chi connectivity index (χ1) is 9.93. The van der Waals surface area contributed by atoms with Crippen LogP contribution in [0.15, 0.2) is 36.4 Å². The molecule has 0 amide bonds. The van der Waals surface area contributed by atoms with Crippen molar-refractivity contribution in [1.82, 2.24) is 0 Å². The molecule has 21 heavy (non-hydrogen) atoms. The zero-order valence-electron chi connectivity index (χ0n) is 12.1. The maximum atomic E-state index is 10.8. The van der Waals surface area contributed by atoms with Crippen molar-refractivity contribution in [3.05, 3.63) is 63.2 Å². The molecule has 0 heterocycles. The highest BCUT2D eigenvalue weighted by molar-refractivity contribution is 5.72. The summed E-state index contributed by atoms with van der Waals surface area (Å²) in [5.41, 5.74) is 4.06. The summed E-state index contributed by atoms with van der Waals surface area (Å²) >= 11 is 0. The average molecular weight is 281 g/mol. The van der Waals surface area contributed by atoms with Crippen LogP contribution >= 0.6 is 0 Å². The predicted molar refractivity (Wildman–Crippen MR) is 81.8 cm³/mol. The SMILES string of the molecule is Cc1ccc(N(C)c2ccc([N+](=O)[O-])cc2C#N)c(C)c1. The number of benzene rings is 2. The third kappa shape index (κ3) is 2.84. The molecule has 0 aliphatic rings. The molecule has 0 aromatic heterocycles. The minimum absolute atomic E-state index is 0.0793. The second-order valence-corrected chi connectivity index (χ2v) is 4.92. The number of non-ortho nitro benzene ring substituents is 1. The minimum Gasteiger partial charge on any atom is -0.343 e. The molecular weight excluding hydrogens is 266 g/mol. The first-order valence-corrected chi connectivity index (χ1v) is 6.43. The molecule has 0 saturated carbocycles. The number of rotatable bonds is 3. The molecule has 0 radical (unpaired) electrons. The Balaban J connectivity index is 2.50. The van der Waals surface area contributed by atoms with E-state index in [1.807, 2.05) is 44.0 Å². The van der Waals surface area contributed by atoms with Gasteiger partial charge in [0.15, 0.2) is 0 Å². The molecule has 0 spiro atoms. The molecule has 2 aromatic carbocycles. The fraction of sp³-hybridized carbons (Fsp3) is 0.188. The van der Waals surface area contributed by atoms with Crippen LogP contribution < -0.4 is 4.90 Å². The van der Waals surface area contributed by atoms with Gasteiger partial charge in [-0.15, -0.1) is 0 Å². The summed E-state index contributed by atoms with van der Waals surface area (Å²) in [6.45, 7) is 4.01. The smallest absolute Gasteiger partial charge is 0.270 e. The monoisotopic (exact) mass is 281 g/mol. The molecule has 2 rings (SSSR count). The van der Waals surface area contributed by atoms with E-state index in [4.69, 9.17) is 0 Å². The van der Waals surface area contributed by atoms with Gasteiger partial charge < -0.3 is 4.90 Å². The van der Waals surface area contributed by atoms with E-state index in [-0.39, 0.29) is 11.3 Å². The quantitative estimate of drug-likeness (QED) is 0.633. The highest BCUT2D eigenvalue weighted by Crippen LogP contribution is 2.31. The summed E-state index contributed by atoms with van der Waals surface area (Å²) < 4.78 is 0. The van der Waals surface area contributed by atoms with E-state index < -0.39 is 4.92 Å². The first kappa shape index (κ1) is 14.5. The third-order valence-corrected chi connectivity index (χ3v) is 3.39. The van der Waals surface area contributed by atoms with Gasteiger partial charge in [0.05, 0.1) is 16.2 Å². The van der Waals surface area contributed by atoms with Crippen LogP contribution in [0.3, 0.4) is 0 Å². The van der Waals surface area contributed by atoms with Crippen LogP contribution in [0.5, 0.6) is 0 Å². The van der Waals surface area contributed by atoms with Gasteiger partial charge in [-0.1, -0.05) is 17.7 Å². The van der Waals surface area contributed by atoms with Crippen LogP contribution in [0.4, 0.5) is 17.1 Å². The molecule has 2 aromatic rings. The Bertz CT molecular complexity index is 748. The van der Waals surface area contributed by atoms with Crippen molar-refractivity contribution in [2.24, 2.45) is 0 Å². The molecule has 0 aliphatic heterocycles. The molecule has 5 heteroatoms. The molecule has 0 saturated heterocycles. The van der Waals surface area contributed by atoms with Crippen molar-refractivity contribution in [2.75, 3.05) is 11.9 Å². The van der Waals surface area contributed by atoms with Crippen LogP contribution in [0.25, 0.3) is 0 Å². The van der Waals surface area contributed by atoms with Crippen LogP contribution in [-0.4, -0.2) is 12.0 Å². The van der Waals surface area contributed by atoms with E-state index in [1.54, 1.807) is 6.07 Å². The summed E-state index contributed by atoms with van der Waals surface area (Å²) in [4.78, 5) is 12.2. The highest BCUT2D eigenvalue weighted by Gasteiger charge is 2.15. The highest BCUT2D eigenvalue weighted by atomic mass is 16.6. The van der Waals surface area contributed by atoms with Gasteiger partial charge in [-0.3, -0.25) is 10.1 Å². The van der Waals surface area contributed by atoms with Gasteiger partial charge in [0.1, 0.15) is 6.07 Å². The summed E-state index contributed by atoms with van der Waals surface area (Å²) in [7, 11) is 1.85. The summed E-state index contributed by atoms with van der Waals surface area (Å²) in [5.74, 6) is 0. The van der Waals surface area contributed by atoms with Gasteiger partial charge in [0, 0.05) is 24.9 Å². The van der Waals surface area contributed by atoms with E-state index >= 15 is 0 Å². The van der Waals surface area contributed by atoms with Crippen LogP contribution in [0.1, 0.15) is 16.7 Å². The van der Waals surface area contributed by atoms with Crippen LogP contribution in [-0.2, 0) is 0 Å². The lowest BCUT2D eigenvalue weighted by atomic mass is 10.1. The zero-order chi connectivity index (χ0) is 15.6. The lowest BCUT2D eigenvalue weighted by molar-refractivity contribution is -0.384. The van der Waals surface area contributed by atoms with Gasteiger partial charge in [0.2, 0.25) is 0 Å². The average Bonchev–Trinajstić information content (AvgIpc) is 2.45. The van der Waals surface area contributed by atoms with Crippen molar-refractivity contribution in [3.63, 3.8) is 0 Å². The molecule has 0 atom stereocenters. The third-order valence-electron chi connectivity index (χ3n) is 3.39. The van der Waals surface area contributed by atoms with E-state index in [2.05, 4.69) is 6.07 Å². The van der Waals surface area contributed by atoms with E-state index in [0.717, 1.165) is 16.8 Å². The molecule has 0 unspecified atom stereocenters. The van der Waals surface area contributed by atoms with Crippen molar-refractivity contribution < 1.29 is 4.92 Å². The Labute approximate surface area is 123 Å². The maximum absolute atomic E-state index is 10.8. The molecule has 0 aliphatic carbocycles. The Kier molecular flexibility index (Phi) is 3.90. The summed E-state index contributed by atoms with van der Waals surface area (Å²) in [5, 5.41) is 20.0. The molecule has 0 fully saturated rings. The van der Waals surface area contributed by atoms with Crippen LogP contribution in [0.2, 0.25) is 0 Å². The number of aryl methyl sites for hydroxylation is 2. The van der Waals surface area contributed by atoms with Gasteiger partial charge >= 0.3 is 0 Å². The Morgan fingerprint density at radius 1 is 1.14 bits per heavy atom. The maximum Gasteiger partial charge on any atom is 0.270 e. The first-order valence-electron chi connectivity index (χ1n) is 6.43. The molecule has 0 N–H and O–H groups in total. The standard InChI is InChI=1S/C16H15N3O2/c1-11-4-6-15(12(2)8-11)18(3)16-7-5-14(19(20)21)9-13(16)10-17/h4-9H,1-3H3. The molecular formula is C16H15N3O2. The van der Waals surface area contributed by atoms with E-state index in [0.29, 0.717) is 5.69 Å². The Morgan fingerprint density at radius 3 is 2.38 bits per heavy atom. The van der Waals surface area contributed by atoms with Gasteiger partial charge in [-0.2, -0.15) is 5.26 Å². The van der Waals surface area contributed by atoms with E-state index in [1.165, 1.54) is 12.1 Å². The summed E-state index contributed by atoms with van der Waals surface area (Å²) in [6, 6.07) is 12.4. The molecule has 5 nitrogen and oxygen atoms in total. The number of nitro benzene ring substituents is 1. The minimum atomic E-state index is -0.498. The number of nitriles is 1. The largest absolute Gasteiger partial charge is 0.343 e. The summed E-state index contributed by atoms with van der Waals surface area (Å²) in [6.07, 6.45) is 0. The fourth-order valence-electron chi connectivity index (χ4n) is 2.33. The Morgan fingerprint density at radius 2 is 1.81 bits per heavy atom. The van der Waals surface area contributed by atoms with Crippen molar-refractivity contribution >= 4 is 17.1 Å². The second kappa shape index (κ2) is 5.63. The van der Waals surface area contributed by atoms with Crippen LogP contribution in [0, 0.1) is 35.3 Å². The van der Waals surface area contributed by atoms with Crippen molar-refractivity contribution in [2.45, 2.75) is 13.8 Å².